The van der Waals surface area contributed by atoms with Crippen molar-refractivity contribution in [1.82, 2.24) is 4.90 Å². The Bertz CT molecular complexity index is 550. The Hall–Kier alpha value is -2.04. The molecule has 25 heavy (non-hydrogen) atoms. The first-order chi connectivity index (χ1) is 11.9. The first-order valence-corrected chi connectivity index (χ1v) is 9.29. The van der Waals surface area contributed by atoms with Gasteiger partial charge in [0.25, 0.3) is 0 Å². The zero-order valence-corrected chi connectivity index (χ0v) is 15.7. The Morgan fingerprint density at radius 2 is 1.60 bits per heavy atom. The fraction of sp³-hybridized carbons (Fsp3) is 0.600. The van der Waals surface area contributed by atoms with E-state index in [1.165, 1.54) is 18.4 Å². The van der Waals surface area contributed by atoms with Crippen LogP contribution in [0.1, 0.15) is 62.5 Å². The summed E-state index contributed by atoms with van der Waals surface area (Å²) in [6, 6.07) is 6.08. The molecule has 0 spiro atoms. The van der Waals surface area contributed by atoms with E-state index >= 15 is 0 Å². The number of unbranched alkanes of at least 4 members (excludes halogenated alkanes) is 1. The summed E-state index contributed by atoms with van der Waals surface area (Å²) in [5, 5.41) is 0. The molecule has 1 aliphatic rings. The number of hydrogen-bond donors (Lipinski definition) is 2. The van der Waals surface area contributed by atoms with Crippen molar-refractivity contribution in [2.24, 2.45) is 5.73 Å². The number of nitrogens with two attached hydrogens (primary N) is 2. The van der Waals surface area contributed by atoms with Crippen LogP contribution in [0.2, 0.25) is 0 Å². The molecule has 5 nitrogen and oxygen atoms in total. The highest BCUT2D eigenvalue weighted by atomic mass is 16.2. The number of primary amides is 1. The average Bonchev–Trinajstić information content (AvgIpc) is 2.85. The summed E-state index contributed by atoms with van der Waals surface area (Å²) in [7, 11) is 0. The van der Waals surface area contributed by atoms with Gasteiger partial charge in [0.15, 0.2) is 0 Å². The minimum atomic E-state index is -0.276. The third kappa shape index (κ3) is 9.13. The van der Waals surface area contributed by atoms with Gasteiger partial charge in [-0.05, 0) is 56.7 Å². The Kier molecular flexibility index (Phi) is 9.66. The molecule has 1 saturated heterocycles. The quantitative estimate of drug-likeness (QED) is 0.632. The lowest BCUT2D eigenvalue weighted by atomic mass is 10.1. The fourth-order valence-electron chi connectivity index (χ4n) is 2.81. The lowest BCUT2D eigenvalue weighted by molar-refractivity contribution is -0.131. The van der Waals surface area contributed by atoms with Gasteiger partial charge in [0.05, 0.1) is 0 Å². The second-order valence-corrected chi connectivity index (χ2v) is 6.83. The van der Waals surface area contributed by atoms with Gasteiger partial charge in [-0.25, -0.2) is 0 Å². The van der Waals surface area contributed by atoms with Crippen molar-refractivity contribution in [3.8, 4) is 0 Å². The number of benzene rings is 1. The summed E-state index contributed by atoms with van der Waals surface area (Å²) in [6.07, 6.45) is 7.21. The second-order valence-electron chi connectivity index (χ2n) is 6.83. The number of nitrogens with zero attached hydrogens (tertiary/aromatic N) is 1. The number of amides is 2. The average molecular weight is 348 g/mol. The van der Waals surface area contributed by atoms with E-state index in [0.717, 1.165) is 50.0 Å². The summed E-state index contributed by atoms with van der Waals surface area (Å²) < 4.78 is 0. The highest BCUT2D eigenvalue weighted by Crippen LogP contribution is 2.12. The molecule has 1 aliphatic heterocycles. The number of carbonyl (C=O) groups is 2. The van der Waals surface area contributed by atoms with Crippen LogP contribution < -0.4 is 11.5 Å². The fourth-order valence-corrected chi connectivity index (χ4v) is 2.81. The van der Waals surface area contributed by atoms with E-state index in [0.29, 0.717) is 12.8 Å². The Balaban J connectivity index is 0.000000293. The molecule has 140 valence electrons. The molecule has 0 aliphatic carbocycles. The Morgan fingerprint density at radius 1 is 1.00 bits per heavy atom. The molecule has 0 bridgehead atoms. The van der Waals surface area contributed by atoms with Crippen molar-refractivity contribution in [2.45, 2.75) is 65.2 Å². The Labute approximate surface area is 151 Å². The van der Waals surface area contributed by atoms with Gasteiger partial charge in [-0.2, -0.15) is 0 Å². The van der Waals surface area contributed by atoms with Gasteiger partial charge >= 0.3 is 0 Å². The van der Waals surface area contributed by atoms with E-state index in [1.807, 2.05) is 30.9 Å². The van der Waals surface area contributed by atoms with Gasteiger partial charge in [-0.3, -0.25) is 9.59 Å². The van der Waals surface area contributed by atoms with Gasteiger partial charge in [-0.1, -0.05) is 25.0 Å². The zero-order valence-electron chi connectivity index (χ0n) is 15.7. The van der Waals surface area contributed by atoms with Gasteiger partial charge in [0, 0.05) is 31.6 Å². The first kappa shape index (κ1) is 21.0. The number of rotatable bonds is 5. The largest absolute Gasteiger partial charge is 0.399 e. The van der Waals surface area contributed by atoms with Gasteiger partial charge in [0.1, 0.15) is 0 Å². The third-order valence-electron chi connectivity index (χ3n) is 4.46. The molecule has 2 amide bonds. The lowest BCUT2D eigenvalue weighted by Crippen LogP contribution is -2.31. The van der Waals surface area contributed by atoms with Gasteiger partial charge < -0.3 is 16.4 Å². The van der Waals surface area contributed by atoms with E-state index in [2.05, 4.69) is 6.07 Å². The van der Waals surface area contributed by atoms with E-state index in [9.17, 15) is 9.59 Å². The molecule has 2 rings (SSSR count). The minimum Gasteiger partial charge on any atom is -0.399 e. The van der Waals surface area contributed by atoms with Crippen LogP contribution in [0.5, 0.6) is 0 Å². The van der Waals surface area contributed by atoms with Crippen molar-refractivity contribution in [3.05, 3.63) is 29.3 Å². The first-order valence-electron chi connectivity index (χ1n) is 9.29. The summed E-state index contributed by atoms with van der Waals surface area (Å²) in [6.45, 7) is 5.87. The van der Waals surface area contributed by atoms with Crippen molar-refractivity contribution < 1.29 is 9.59 Å². The molecular weight excluding hydrogens is 314 g/mol. The number of aryl methyl sites for hydroxylation is 2. The van der Waals surface area contributed by atoms with Crippen molar-refractivity contribution in [3.63, 3.8) is 0 Å². The van der Waals surface area contributed by atoms with Crippen LogP contribution in [0.15, 0.2) is 18.2 Å². The predicted octanol–water partition coefficient (Wildman–Crippen LogP) is 3.32. The normalized spacial score (nSPS) is 14.2. The SMILES string of the molecule is Cc1ccc(C)c(N)c1.NC(=O)CCCCC(=O)N1CCCCCC1. The number of likely N-dealkylation sites (tertiary alicyclic amines) is 1. The second kappa shape index (κ2) is 11.5. The van der Waals surface area contributed by atoms with Crippen molar-refractivity contribution >= 4 is 17.5 Å². The van der Waals surface area contributed by atoms with Crippen molar-refractivity contribution in [2.75, 3.05) is 18.8 Å². The van der Waals surface area contributed by atoms with Crippen LogP contribution in [-0.4, -0.2) is 29.8 Å². The molecule has 0 unspecified atom stereocenters. The molecule has 0 atom stereocenters. The molecule has 4 N–H and O–H groups in total. The predicted molar refractivity (Wildman–Crippen MR) is 103 cm³/mol. The van der Waals surface area contributed by atoms with Gasteiger partial charge in [0.2, 0.25) is 11.8 Å². The number of nitrogen functional groups attached to an aromatic ring is 1. The van der Waals surface area contributed by atoms with Crippen LogP contribution in [0, 0.1) is 13.8 Å². The summed E-state index contributed by atoms with van der Waals surface area (Å²) >= 11 is 0. The molecule has 5 heteroatoms. The van der Waals surface area contributed by atoms with Crippen LogP contribution in [0.25, 0.3) is 0 Å². The summed E-state index contributed by atoms with van der Waals surface area (Å²) in [4.78, 5) is 24.3. The highest BCUT2D eigenvalue weighted by Gasteiger charge is 2.14. The molecule has 0 aromatic heterocycles. The van der Waals surface area contributed by atoms with Crippen LogP contribution in [0.3, 0.4) is 0 Å². The highest BCUT2D eigenvalue weighted by molar-refractivity contribution is 5.76. The zero-order chi connectivity index (χ0) is 18.7. The monoisotopic (exact) mass is 347 g/mol. The molecule has 1 heterocycles. The minimum absolute atomic E-state index is 0.242. The standard InChI is InChI=1S/C12H22N2O2.C8H11N/c13-11(15)7-3-4-8-12(16)14-9-5-1-2-6-10-14;1-6-3-4-7(2)8(9)5-6/h1-10H2,(H2,13,15);3-5H,9H2,1-2H3. The third-order valence-corrected chi connectivity index (χ3v) is 4.46. The van der Waals surface area contributed by atoms with E-state index < -0.39 is 0 Å². The van der Waals surface area contributed by atoms with Crippen LogP contribution >= 0.6 is 0 Å². The number of hydrogen-bond acceptors (Lipinski definition) is 3. The number of anilines is 1. The topological polar surface area (TPSA) is 89.4 Å². The van der Waals surface area contributed by atoms with E-state index in [1.54, 1.807) is 0 Å². The van der Waals surface area contributed by atoms with Gasteiger partial charge in [-0.15, -0.1) is 0 Å². The van der Waals surface area contributed by atoms with E-state index in [4.69, 9.17) is 11.5 Å². The molecule has 0 radical (unpaired) electrons. The Morgan fingerprint density at radius 3 is 2.12 bits per heavy atom. The lowest BCUT2D eigenvalue weighted by Gasteiger charge is -2.20. The van der Waals surface area contributed by atoms with Crippen molar-refractivity contribution in [1.29, 1.82) is 0 Å². The summed E-state index contributed by atoms with van der Waals surface area (Å²) in [5.41, 5.74) is 13.9. The smallest absolute Gasteiger partial charge is 0.222 e. The maximum Gasteiger partial charge on any atom is 0.222 e. The molecule has 1 aromatic carbocycles. The van der Waals surface area contributed by atoms with Crippen LogP contribution in [-0.2, 0) is 9.59 Å². The molecule has 0 saturated carbocycles. The maximum atomic E-state index is 11.8. The molecule has 1 aromatic rings. The summed E-state index contributed by atoms with van der Waals surface area (Å²) in [5.74, 6) is -0.0337. The number of carbonyl (C=O) groups excluding carboxylic acids is 2. The molecule has 1 fully saturated rings. The van der Waals surface area contributed by atoms with Crippen LogP contribution in [0.4, 0.5) is 5.69 Å². The maximum absolute atomic E-state index is 11.8. The van der Waals surface area contributed by atoms with E-state index in [-0.39, 0.29) is 11.8 Å². The molecular formula is C20H33N3O2.